The molecule has 0 saturated carbocycles. The largest absolute Gasteiger partial charge is 0.494 e. The molecule has 2 aromatic rings. The molecular formula is C19H20O4. The molecule has 0 spiro atoms. The van der Waals surface area contributed by atoms with E-state index in [1.807, 2.05) is 31.2 Å². The van der Waals surface area contributed by atoms with Gasteiger partial charge in [-0.05, 0) is 56.7 Å². The second-order valence-corrected chi connectivity index (χ2v) is 5.32. The maximum atomic E-state index is 11.7. The first-order valence-electron chi connectivity index (χ1n) is 7.56. The summed E-state index contributed by atoms with van der Waals surface area (Å²) in [5.74, 6) is 0.910. The van der Waals surface area contributed by atoms with Crippen molar-refractivity contribution in [2.24, 2.45) is 0 Å². The van der Waals surface area contributed by atoms with E-state index in [4.69, 9.17) is 9.47 Å². The van der Waals surface area contributed by atoms with Gasteiger partial charge in [-0.25, -0.2) is 0 Å². The number of esters is 1. The molecule has 0 amide bonds. The minimum absolute atomic E-state index is 0.0175. The molecule has 0 atom stereocenters. The third kappa shape index (κ3) is 5.58. The average Bonchev–Trinajstić information content (AvgIpc) is 2.54. The Balaban J connectivity index is 1.70. The van der Waals surface area contributed by atoms with Crippen LogP contribution in [-0.4, -0.2) is 18.4 Å². The molecule has 0 aliphatic heterocycles. The fourth-order valence-electron chi connectivity index (χ4n) is 1.98. The molecule has 2 rings (SSSR count). The van der Waals surface area contributed by atoms with E-state index in [-0.39, 0.29) is 18.2 Å². The van der Waals surface area contributed by atoms with E-state index in [9.17, 15) is 9.59 Å². The summed E-state index contributed by atoms with van der Waals surface area (Å²) in [6, 6.07) is 14.3. The molecule has 4 heteroatoms. The highest BCUT2D eigenvalue weighted by Crippen LogP contribution is 2.14. The van der Waals surface area contributed by atoms with Gasteiger partial charge >= 0.3 is 5.97 Å². The molecule has 0 N–H and O–H groups in total. The standard InChI is InChI=1S/C19H20O4/c1-14-5-9-17(10-6-14)22-13-3-4-19(21)23-18-11-7-16(8-12-18)15(2)20/h5-12H,3-4,13H2,1-2H3. The number of ketones is 1. The lowest BCUT2D eigenvalue weighted by atomic mass is 10.1. The lowest BCUT2D eigenvalue weighted by Crippen LogP contribution is -2.10. The minimum Gasteiger partial charge on any atom is -0.494 e. The van der Waals surface area contributed by atoms with Gasteiger partial charge in [0, 0.05) is 12.0 Å². The zero-order valence-corrected chi connectivity index (χ0v) is 13.4. The summed E-state index contributed by atoms with van der Waals surface area (Å²) in [5, 5.41) is 0. The maximum absolute atomic E-state index is 11.7. The van der Waals surface area contributed by atoms with Crippen molar-refractivity contribution < 1.29 is 19.1 Å². The van der Waals surface area contributed by atoms with E-state index in [2.05, 4.69) is 0 Å². The Morgan fingerprint density at radius 3 is 2.13 bits per heavy atom. The molecule has 0 saturated heterocycles. The fourth-order valence-corrected chi connectivity index (χ4v) is 1.98. The highest BCUT2D eigenvalue weighted by Gasteiger charge is 2.06. The fraction of sp³-hybridized carbons (Fsp3) is 0.263. The summed E-state index contributed by atoms with van der Waals surface area (Å²) in [7, 11) is 0. The van der Waals surface area contributed by atoms with E-state index >= 15 is 0 Å². The monoisotopic (exact) mass is 312 g/mol. The summed E-state index contributed by atoms with van der Waals surface area (Å²) in [6.45, 7) is 3.97. The van der Waals surface area contributed by atoms with Crippen molar-refractivity contribution in [1.29, 1.82) is 0 Å². The lowest BCUT2D eigenvalue weighted by molar-refractivity contribution is -0.134. The van der Waals surface area contributed by atoms with E-state index in [1.54, 1.807) is 24.3 Å². The van der Waals surface area contributed by atoms with Gasteiger partial charge in [0.2, 0.25) is 0 Å². The van der Waals surface area contributed by atoms with Crippen molar-refractivity contribution in [3.05, 3.63) is 59.7 Å². The van der Waals surface area contributed by atoms with Crippen molar-refractivity contribution >= 4 is 11.8 Å². The Kier molecular flexibility index (Phi) is 5.92. The number of benzene rings is 2. The Labute approximate surface area is 136 Å². The normalized spacial score (nSPS) is 10.2. The molecule has 0 aliphatic carbocycles. The molecule has 0 fully saturated rings. The number of aryl methyl sites for hydroxylation is 1. The van der Waals surface area contributed by atoms with E-state index < -0.39 is 0 Å². The first-order valence-corrected chi connectivity index (χ1v) is 7.56. The smallest absolute Gasteiger partial charge is 0.311 e. The first-order chi connectivity index (χ1) is 11.0. The molecule has 0 bridgehead atoms. The van der Waals surface area contributed by atoms with Crippen molar-refractivity contribution in [2.45, 2.75) is 26.7 Å². The number of carbonyl (C=O) groups excluding carboxylic acids is 2. The zero-order chi connectivity index (χ0) is 16.7. The molecule has 23 heavy (non-hydrogen) atoms. The van der Waals surface area contributed by atoms with Gasteiger partial charge in [-0.3, -0.25) is 9.59 Å². The van der Waals surface area contributed by atoms with E-state index in [0.29, 0.717) is 24.3 Å². The van der Waals surface area contributed by atoms with Crippen LogP contribution < -0.4 is 9.47 Å². The predicted octanol–water partition coefficient (Wildman–Crippen LogP) is 3.96. The number of carbonyl (C=O) groups is 2. The van der Waals surface area contributed by atoms with Gasteiger partial charge in [-0.15, -0.1) is 0 Å². The predicted molar refractivity (Wildman–Crippen MR) is 88.0 cm³/mol. The quantitative estimate of drug-likeness (QED) is 0.336. The van der Waals surface area contributed by atoms with Crippen LogP contribution in [0.2, 0.25) is 0 Å². The zero-order valence-electron chi connectivity index (χ0n) is 13.4. The van der Waals surface area contributed by atoms with Gasteiger partial charge in [-0.1, -0.05) is 17.7 Å². The highest BCUT2D eigenvalue weighted by molar-refractivity contribution is 5.94. The summed E-state index contributed by atoms with van der Waals surface area (Å²) < 4.78 is 10.8. The highest BCUT2D eigenvalue weighted by atomic mass is 16.5. The van der Waals surface area contributed by atoms with Crippen molar-refractivity contribution in [3.63, 3.8) is 0 Å². The van der Waals surface area contributed by atoms with Crippen LogP contribution in [0.5, 0.6) is 11.5 Å². The number of hydrogen-bond donors (Lipinski definition) is 0. The Morgan fingerprint density at radius 2 is 1.52 bits per heavy atom. The molecule has 0 aromatic heterocycles. The van der Waals surface area contributed by atoms with Crippen LogP contribution >= 0.6 is 0 Å². The molecule has 2 aromatic carbocycles. The van der Waals surface area contributed by atoms with Gasteiger partial charge in [0.05, 0.1) is 6.61 Å². The molecule has 0 aliphatic rings. The van der Waals surface area contributed by atoms with E-state index in [1.165, 1.54) is 12.5 Å². The van der Waals surface area contributed by atoms with Crippen molar-refractivity contribution in [2.75, 3.05) is 6.61 Å². The Bertz CT molecular complexity index is 657. The summed E-state index contributed by atoms with van der Waals surface area (Å²) >= 11 is 0. The van der Waals surface area contributed by atoms with Crippen LogP contribution in [0, 0.1) is 6.92 Å². The van der Waals surface area contributed by atoms with Gasteiger partial charge in [-0.2, -0.15) is 0 Å². The molecule has 0 unspecified atom stereocenters. The van der Waals surface area contributed by atoms with Crippen LogP contribution in [0.4, 0.5) is 0 Å². The first kappa shape index (κ1) is 16.7. The van der Waals surface area contributed by atoms with Gasteiger partial charge in [0.15, 0.2) is 5.78 Å². The second kappa shape index (κ2) is 8.13. The number of hydrogen-bond acceptors (Lipinski definition) is 4. The van der Waals surface area contributed by atoms with Gasteiger partial charge < -0.3 is 9.47 Å². The van der Waals surface area contributed by atoms with Crippen molar-refractivity contribution in [1.82, 2.24) is 0 Å². The third-order valence-corrected chi connectivity index (χ3v) is 3.31. The molecule has 4 nitrogen and oxygen atoms in total. The van der Waals surface area contributed by atoms with Crippen LogP contribution in [-0.2, 0) is 4.79 Å². The van der Waals surface area contributed by atoms with Crippen LogP contribution in [0.1, 0.15) is 35.7 Å². The topological polar surface area (TPSA) is 52.6 Å². The maximum Gasteiger partial charge on any atom is 0.311 e. The minimum atomic E-state index is -0.312. The summed E-state index contributed by atoms with van der Waals surface area (Å²) in [5.41, 5.74) is 1.77. The van der Waals surface area contributed by atoms with Gasteiger partial charge in [0.1, 0.15) is 11.5 Å². The SMILES string of the molecule is CC(=O)c1ccc(OC(=O)CCCOc2ccc(C)cc2)cc1. The lowest BCUT2D eigenvalue weighted by Gasteiger charge is -2.07. The van der Waals surface area contributed by atoms with Crippen LogP contribution in [0.3, 0.4) is 0 Å². The molecule has 0 heterocycles. The van der Waals surface area contributed by atoms with Crippen LogP contribution in [0.15, 0.2) is 48.5 Å². The molecule has 120 valence electrons. The average molecular weight is 312 g/mol. The second-order valence-electron chi connectivity index (χ2n) is 5.32. The number of Topliss-reactive ketones (excluding diaryl/α,β-unsaturated/α-hetero) is 1. The van der Waals surface area contributed by atoms with Gasteiger partial charge in [0.25, 0.3) is 0 Å². The van der Waals surface area contributed by atoms with E-state index in [0.717, 1.165) is 5.75 Å². The summed E-state index contributed by atoms with van der Waals surface area (Å²) in [4.78, 5) is 22.9. The molecular weight excluding hydrogens is 292 g/mol. The third-order valence-electron chi connectivity index (χ3n) is 3.31. The Morgan fingerprint density at radius 1 is 0.913 bits per heavy atom. The molecule has 0 radical (unpaired) electrons. The summed E-state index contributed by atoms with van der Waals surface area (Å²) in [6.07, 6.45) is 0.860. The number of ether oxygens (including phenoxy) is 2. The van der Waals surface area contributed by atoms with Crippen molar-refractivity contribution in [3.8, 4) is 11.5 Å². The Hall–Kier alpha value is -2.62. The number of rotatable bonds is 7. The van der Waals surface area contributed by atoms with Crippen LogP contribution in [0.25, 0.3) is 0 Å².